The van der Waals surface area contributed by atoms with Gasteiger partial charge in [-0.2, -0.15) is 0 Å². The molecule has 2 aromatic rings. The molecule has 1 saturated heterocycles. The second-order valence-electron chi connectivity index (χ2n) is 7.14. The summed E-state index contributed by atoms with van der Waals surface area (Å²) in [4.78, 5) is 16.7. The van der Waals surface area contributed by atoms with Crippen molar-refractivity contribution in [1.29, 1.82) is 0 Å². The van der Waals surface area contributed by atoms with Gasteiger partial charge >= 0.3 is 0 Å². The van der Waals surface area contributed by atoms with E-state index < -0.39 is 0 Å². The van der Waals surface area contributed by atoms with Gasteiger partial charge in [-0.15, -0.1) is 11.3 Å². The van der Waals surface area contributed by atoms with Crippen molar-refractivity contribution in [3.05, 3.63) is 57.3 Å². The average molecular weight is 355 g/mol. The number of amides is 1. The molecule has 1 aliphatic carbocycles. The van der Waals surface area contributed by atoms with Crippen LogP contribution < -0.4 is 5.32 Å². The van der Waals surface area contributed by atoms with Crippen molar-refractivity contribution in [2.75, 3.05) is 19.6 Å². The van der Waals surface area contributed by atoms with E-state index in [1.54, 1.807) is 11.3 Å². The molecule has 132 valence electrons. The first kappa shape index (κ1) is 16.8. The molecular weight excluding hydrogens is 328 g/mol. The average Bonchev–Trinajstić information content (AvgIpc) is 3.32. The first-order valence-electron chi connectivity index (χ1n) is 9.49. The van der Waals surface area contributed by atoms with Crippen LogP contribution in [0.1, 0.15) is 58.1 Å². The standard InChI is InChI=1S/C21H26N2OS/c24-21(18-15-25-20-11-5-4-10-17(18)20)22-14-19(23-12-6-7-13-23)16-8-2-1-3-9-16/h1-3,8-9,15,19H,4-7,10-14H2,(H,22,24)/t19-/m1/s1. The maximum absolute atomic E-state index is 12.8. The van der Waals surface area contributed by atoms with Gasteiger partial charge in [-0.3, -0.25) is 9.69 Å². The van der Waals surface area contributed by atoms with Gasteiger partial charge in [0.05, 0.1) is 11.6 Å². The van der Waals surface area contributed by atoms with Crippen LogP contribution in [0.2, 0.25) is 0 Å². The Morgan fingerprint density at radius 1 is 1.08 bits per heavy atom. The van der Waals surface area contributed by atoms with Crippen molar-refractivity contribution in [1.82, 2.24) is 10.2 Å². The molecule has 1 amide bonds. The van der Waals surface area contributed by atoms with Gasteiger partial charge in [0, 0.05) is 16.8 Å². The summed E-state index contributed by atoms with van der Waals surface area (Å²) in [5.74, 6) is 0.111. The molecule has 3 nitrogen and oxygen atoms in total. The zero-order chi connectivity index (χ0) is 17.1. The zero-order valence-electron chi connectivity index (χ0n) is 14.7. The molecule has 1 N–H and O–H groups in total. The molecule has 0 radical (unpaired) electrons. The van der Waals surface area contributed by atoms with Crippen LogP contribution in [0.15, 0.2) is 35.7 Å². The molecule has 0 spiro atoms. The highest BCUT2D eigenvalue weighted by Gasteiger charge is 2.25. The van der Waals surface area contributed by atoms with Gasteiger partial charge in [0.2, 0.25) is 0 Å². The van der Waals surface area contributed by atoms with E-state index in [1.165, 1.54) is 41.7 Å². The smallest absolute Gasteiger partial charge is 0.252 e. The number of thiophene rings is 1. The van der Waals surface area contributed by atoms with E-state index in [-0.39, 0.29) is 11.9 Å². The summed E-state index contributed by atoms with van der Waals surface area (Å²) in [7, 11) is 0. The number of fused-ring (bicyclic) bond motifs is 1. The number of rotatable bonds is 5. The molecule has 0 bridgehead atoms. The largest absolute Gasteiger partial charge is 0.350 e. The quantitative estimate of drug-likeness (QED) is 0.873. The Hall–Kier alpha value is -1.65. The van der Waals surface area contributed by atoms with Crippen LogP contribution in [0.25, 0.3) is 0 Å². The number of hydrogen-bond donors (Lipinski definition) is 1. The number of nitrogens with one attached hydrogen (secondary N) is 1. The molecule has 0 unspecified atom stereocenters. The van der Waals surface area contributed by atoms with Gasteiger partial charge in [0.1, 0.15) is 0 Å². The lowest BCUT2D eigenvalue weighted by Gasteiger charge is -2.28. The van der Waals surface area contributed by atoms with Crippen LogP contribution in [0.5, 0.6) is 0 Å². The van der Waals surface area contributed by atoms with Gasteiger partial charge in [0.15, 0.2) is 0 Å². The van der Waals surface area contributed by atoms with Gasteiger partial charge in [-0.1, -0.05) is 30.3 Å². The molecule has 0 saturated carbocycles. The summed E-state index contributed by atoms with van der Waals surface area (Å²) in [6.07, 6.45) is 7.21. The van der Waals surface area contributed by atoms with Crippen LogP contribution in [0.4, 0.5) is 0 Å². The lowest BCUT2D eigenvalue weighted by molar-refractivity contribution is 0.0937. The minimum atomic E-state index is 0.111. The summed E-state index contributed by atoms with van der Waals surface area (Å²) in [6, 6.07) is 10.9. The number of hydrogen-bond acceptors (Lipinski definition) is 3. The fourth-order valence-electron chi connectivity index (χ4n) is 4.16. The Morgan fingerprint density at radius 2 is 1.84 bits per heavy atom. The van der Waals surface area contributed by atoms with E-state index in [1.807, 2.05) is 0 Å². The third kappa shape index (κ3) is 3.65. The molecule has 1 aromatic carbocycles. The summed E-state index contributed by atoms with van der Waals surface area (Å²) in [6.45, 7) is 2.94. The van der Waals surface area contributed by atoms with E-state index in [0.717, 1.165) is 31.5 Å². The van der Waals surface area contributed by atoms with Gasteiger partial charge < -0.3 is 5.32 Å². The van der Waals surface area contributed by atoms with Gasteiger partial charge in [0.25, 0.3) is 5.91 Å². The number of nitrogens with zero attached hydrogens (tertiary/aromatic N) is 1. The van der Waals surface area contributed by atoms with E-state index in [4.69, 9.17) is 0 Å². The highest BCUT2D eigenvalue weighted by atomic mass is 32.1. The number of benzene rings is 1. The molecular formula is C21H26N2OS. The van der Waals surface area contributed by atoms with Crippen molar-refractivity contribution in [3.63, 3.8) is 0 Å². The maximum atomic E-state index is 12.8. The number of aryl methyl sites for hydroxylation is 1. The minimum absolute atomic E-state index is 0.111. The molecule has 1 atom stereocenters. The molecule has 1 aliphatic heterocycles. The van der Waals surface area contributed by atoms with Gasteiger partial charge in [-0.25, -0.2) is 0 Å². The Labute approximate surface area is 154 Å². The van der Waals surface area contributed by atoms with E-state index in [0.29, 0.717) is 6.54 Å². The van der Waals surface area contributed by atoms with Gasteiger partial charge in [-0.05, 0) is 62.7 Å². The van der Waals surface area contributed by atoms with Crippen LogP contribution in [-0.4, -0.2) is 30.4 Å². The summed E-state index contributed by atoms with van der Waals surface area (Å²) < 4.78 is 0. The van der Waals surface area contributed by atoms with Crippen molar-refractivity contribution in [2.24, 2.45) is 0 Å². The molecule has 4 heteroatoms. The predicted octanol–water partition coefficient (Wildman–Crippen LogP) is 4.19. The molecule has 1 aromatic heterocycles. The fourth-order valence-corrected chi connectivity index (χ4v) is 5.28. The molecule has 1 fully saturated rings. The van der Waals surface area contributed by atoms with E-state index >= 15 is 0 Å². The Bertz CT molecular complexity index is 719. The monoisotopic (exact) mass is 354 g/mol. The summed E-state index contributed by atoms with van der Waals surface area (Å²) in [5, 5.41) is 5.30. The Morgan fingerprint density at radius 3 is 2.64 bits per heavy atom. The second kappa shape index (κ2) is 7.71. The molecule has 25 heavy (non-hydrogen) atoms. The third-order valence-electron chi connectivity index (χ3n) is 5.53. The number of likely N-dealkylation sites (tertiary alicyclic amines) is 1. The lowest BCUT2D eigenvalue weighted by Crippen LogP contribution is -2.37. The minimum Gasteiger partial charge on any atom is -0.350 e. The van der Waals surface area contributed by atoms with Crippen molar-refractivity contribution >= 4 is 17.2 Å². The summed E-state index contributed by atoms with van der Waals surface area (Å²) in [5.41, 5.74) is 3.54. The van der Waals surface area contributed by atoms with Crippen LogP contribution >= 0.6 is 11.3 Å². The summed E-state index contributed by atoms with van der Waals surface area (Å²) >= 11 is 1.77. The normalized spacial score (nSPS) is 18.7. The first-order valence-corrected chi connectivity index (χ1v) is 10.4. The lowest BCUT2D eigenvalue weighted by atomic mass is 9.95. The van der Waals surface area contributed by atoms with Crippen LogP contribution in [-0.2, 0) is 12.8 Å². The molecule has 2 aliphatic rings. The molecule has 2 heterocycles. The topological polar surface area (TPSA) is 32.3 Å². The van der Waals surface area contributed by atoms with E-state index in [2.05, 4.69) is 45.9 Å². The third-order valence-corrected chi connectivity index (χ3v) is 6.62. The number of carbonyl (C=O) groups is 1. The van der Waals surface area contributed by atoms with Crippen molar-refractivity contribution in [2.45, 2.75) is 44.6 Å². The van der Waals surface area contributed by atoms with Crippen molar-refractivity contribution in [3.8, 4) is 0 Å². The fraction of sp³-hybridized carbons (Fsp3) is 0.476. The van der Waals surface area contributed by atoms with Crippen LogP contribution in [0.3, 0.4) is 0 Å². The predicted molar refractivity (Wildman–Crippen MR) is 103 cm³/mol. The highest BCUT2D eigenvalue weighted by Crippen LogP contribution is 2.30. The Balaban J connectivity index is 1.47. The highest BCUT2D eigenvalue weighted by molar-refractivity contribution is 7.10. The Kier molecular flexibility index (Phi) is 5.18. The van der Waals surface area contributed by atoms with Crippen molar-refractivity contribution < 1.29 is 4.79 Å². The second-order valence-corrected chi connectivity index (χ2v) is 8.10. The first-order chi connectivity index (χ1) is 12.3. The van der Waals surface area contributed by atoms with E-state index in [9.17, 15) is 4.79 Å². The number of carbonyl (C=O) groups excluding carboxylic acids is 1. The maximum Gasteiger partial charge on any atom is 0.252 e. The zero-order valence-corrected chi connectivity index (χ0v) is 15.5. The SMILES string of the molecule is O=C(NC[C@H](c1ccccc1)N1CCCC1)c1csc2c1CCCC2. The van der Waals surface area contributed by atoms with Crippen LogP contribution in [0, 0.1) is 0 Å². The molecule has 4 rings (SSSR count).